The van der Waals surface area contributed by atoms with E-state index in [1.165, 1.54) is 6.07 Å². The van der Waals surface area contributed by atoms with Crippen LogP contribution in [0.4, 0.5) is 16.2 Å². The smallest absolute Gasteiger partial charge is 0.412 e. The van der Waals surface area contributed by atoms with Crippen molar-refractivity contribution in [3.05, 3.63) is 81.9 Å². The number of alkyl carbamates (subject to hydrolysis) is 1. The molecule has 3 aromatic carbocycles. The number of carbonyl (C=O) groups is 3. The Hall–Kier alpha value is -4.81. The summed E-state index contributed by atoms with van der Waals surface area (Å²) < 4.78 is 21.6. The third-order valence-electron chi connectivity index (χ3n) is 6.01. The average molecular weight is 641 g/mol. The van der Waals surface area contributed by atoms with Crippen molar-refractivity contribution < 1.29 is 38.4 Å². The number of ether oxygens (including phenoxy) is 4. The normalized spacial score (nSPS) is 10.6. The van der Waals surface area contributed by atoms with Crippen LogP contribution in [-0.4, -0.2) is 54.8 Å². The maximum Gasteiger partial charge on any atom is 0.412 e. The highest BCUT2D eigenvalue weighted by molar-refractivity contribution is 6.31. The van der Waals surface area contributed by atoms with Crippen LogP contribution in [0.1, 0.15) is 54.7 Å². The molecule has 0 saturated carbocycles. The lowest BCUT2D eigenvalue weighted by Crippen LogP contribution is -2.31. The highest BCUT2D eigenvalue weighted by Crippen LogP contribution is 2.35. The van der Waals surface area contributed by atoms with E-state index in [-0.39, 0.29) is 50.5 Å². The fourth-order valence-electron chi connectivity index (χ4n) is 4.09. The minimum atomic E-state index is -0.731. The maximum atomic E-state index is 13.4. The number of aliphatic hydroxyl groups excluding tert-OH is 1. The number of esters is 1. The molecule has 0 fully saturated rings. The Morgan fingerprint density at radius 3 is 2.33 bits per heavy atom. The summed E-state index contributed by atoms with van der Waals surface area (Å²) in [6.07, 6.45) is -0.949. The van der Waals surface area contributed by atoms with Crippen molar-refractivity contribution in [2.45, 2.75) is 47.0 Å². The minimum absolute atomic E-state index is 0.132. The standard InChI is InChI=1S/C32H37ClN4O8/c1-5-42-28(39)18-44-29-22(13-20(17-38)14-27(29)45-19(3)4)16-35-26-12-9-23(33)15-25(26)31(40)36-24-10-7-21(8-11-24)30(34)37-32(41)43-6-2/h7-15,19,35,38H,5-6,16-18H2,1-4H3,(H,36,40)(H2,34,37,41). The molecular formula is C32H37ClN4O8. The van der Waals surface area contributed by atoms with E-state index in [1.54, 1.807) is 62.4 Å². The summed E-state index contributed by atoms with van der Waals surface area (Å²) in [7, 11) is 0. The zero-order valence-electron chi connectivity index (χ0n) is 25.5. The summed E-state index contributed by atoms with van der Waals surface area (Å²) in [6, 6.07) is 14.5. The number of anilines is 2. The van der Waals surface area contributed by atoms with Gasteiger partial charge in [0.15, 0.2) is 18.1 Å². The second-order valence-electron chi connectivity index (χ2n) is 9.80. The molecule has 3 rings (SSSR count). The van der Waals surface area contributed by atoms with E-state index in [0.717, 1.165) is 0 Å². The molecule has 0 unspecified atom stereocenters. The Kier molecular flexibility index (Phi) is 13.0. The average Bonchev–Trinajstić information content (AvgIpc) is 2.99. The SMILES string of the molecule is CCOC(=O)COc1c(CNc2ccc(Cl)cc2C(=O)Nc2ccc(C(=N)NC(=O)OCC)cc2)cc(CO)cc1OC(C)C. The van der Waals surface area contributed by atoms with E-state index >= 15 is 0 Å². The topological polar surface area (TPSA) is 168 Å². The molecule has 0 spiro atoms. The summed E-state index contributed by atoms with van der Waals surface area (Å²) in [4.78, 5) is 37.0. The second-order valence-corrected chi connectivity index (χ2v) is 10.2. The second kappa shape index (κ2) is 16.9. The van der Waals surface area contributed by atoms with Crippen molar-refractivity contribution in [1.82, 2.24) is 5.32 Å². The summed E-state index contributed by atoms with van der Waals surface area (Å²) >= 11 is 6.25. The lowest BCUT2D eigenvalue weighted by atomic mass is 10.1. The lowest BCUT2D eigenvalue weighted by molar-refractivity contribution is -0.145. The Balaban J connectivity index is 1.83. The van der Waals surface area contributed by atoms with Gasteiger partial charge in [-0.05, 0) is 87.9 Å². The number of hydrogen-bond donors (Lipinski definition) is 5. The van der Waals surface area contributed by atoms with Gasteiger partial charge in [0.05, 0.1) is 31.5 Å². The van der Waals surface area contributed by atoms with Gasteiger partial charge < -0.3 is 34.7 Å². The van der Waals surface area contributed by atoms with Gasteiger partial charge >= 0.3 is 12.1 Å². The van der Waals surface area contributed by atoms with Crippen LogP contribution in [0.5, 0.6) is 11.5 Å². The van der Waals surface area contributed by atoms with Crippen molar-refractivity contribution in [2.75, 3.05) is 30.5 Å². The summed E-state index contributed by atoms with van der Waals surface area (Å²) in [5.74, 6) is -0.509. The van der Waals surface area contributed by atoms with Gasteiger partial charge in [-0.15, -0.1) is 0 Å². The molecule has 3 aromatic rings. The fourth-order valence-corrected chi connectivity index (χ4v) is 4.27. The molecule has 0 heterocycles. The Morgan fingerprint density at radius 1 is 0.978 bits per heavy atom. The number of amidine groups is 1. The van der Waals surface area contributed by atoms with E-state index < -0.39 is 18.0 Å². The molecule has 0 radical (unpaired) electrons. The first kappa shape index (κ1) is 34.7. The number of aliphatic hydroxyl groups is 1. The predicted molar refractivity (Wildman–Crippen MR) is 170 cm³/mol. The number of amides is 2. The number of halogens is 1. The molecule has 240 valence electrons. The molecule has 2 amide bonds. The number of hydrogen-bond acceptors (Lipinski definition) is 10. The molecule has 0 aliphatic rings. The van der Waals surface area contributed by atoms with Gasteiger partial charge in [-0.2, -0.15) is 0 Å². The van der Waals surface area contributed by atoms with Gasteiger partial charge in [0.1, 0.15) is 5.84 Å². The van der Waals surface area contributed by atoms with Gasteiger partial charge in [0.2, 0.25) is 0 Å². The van der Waals surface area contributed by atoms with Crippen LogP contribution >= 0.6 is 11.6 Å². The number of benzene rings is 3. The van der Waals surface area contributed by atoms with E-state index in [1.807, 2.05) is 13.8 Å². The first-order valence-electron chi connectivity index (χ1n) is 14.2. The summed E-state index contributed by atoms with van der Waals surface area (Å²) in [5, 5.41) is 26.6. The van der Waals surface area contributed by atoms with Crippen molar-refractivity contribution in [2.24, 2.45) is 0 Å². The predicted octanol–water partition coefficient (Wildman–Crippen LogP) is 5.50. The molecule has 0 saturated heterocycles. The Morgan fingerprint density at radius 2 is 1.69 bits per heavy atom. The highest BCUT2D eigenvalue weighted by Gasteiger charge is 2.19. The molecule has 45 heavy (non-hydrogen) atoms. The molecule has 0 bridgehead atoms. The van der Waals surface area contributed by atoms with Crippen molar-refractivity contribution in [3.8, 4) is 11.5 Å². The number of carbonyl (C=O) groups excluding carboxylic acids is 3. The van der Waals surface area contributed by atoms with E-state index in [9.17, 15) is 19.5 Å². The summed E-state index contributed by atoms with van der Waals surface area (Å²) in [5.41, 5.74) is 2.68. The van der Waals surface area contributed by atoms with Crippen LogP contribution in [0.2, 0.25) is 5.02 Å². The van der Waals surface area contributed by atoms with Crippen molar-refractivity contribution >= 4 is 46.8 Å². The third-order valence-corrected chi connectivity index (χ3v) is 6.24. The van der Waals surface area contributed by atoms with Crippen LogP contribution in [0, 0.1) is 5.41 Å². The molecule has 0 atom stereocenters. The van der Waals surface area contributed by atoms with Crippen LogP contribution < -0.4 is 25.4 Å². The first-order chi connectivity index (χ1) is 21.5. The fraction of sp³-hybridized carbons (Fsp3) is 0.312. The highest BCUT2D eigenvalue weighted by atomic mass is 35.5. The lowest BCUT2D eigenvalue weighted by Gasteiger charge is -2.20. The van der Waals surface area contributed by atoms with E-state index in [2.05, 4.69) is 16.0 Å². The van der Waals surface area contributed by atoms with Gasteiger partial charge in [-0.25, -0.2) is 9.59 Å². The van der Waals surface area contributed by atoms with E-state index in [4.69, 9.17) is 36.0 Å². The van der Waals surface area contributed by atoms with Crippen molar-refractivity contribution in [3.63, 3.8) is 0 Å². The quantitative estimate of drug-likeness (QED) is 0.0868. The van der Waals surface area contributed by atoms with Crippen molar-refractivity contribution in [1.29, 1.82) is 5.41 Å². The van der Waals surface area contributed by atoms with Gasteiger partial charge in [0, 0.05) is 34.1 Å². The summed E-state index contributed by atoms with van der Waals surface area (Å²) in [6.45, 7) is 6.95. The van der Waals surface area contributed by atoms with Crippen LogP contribution in [0.15, 0.2) is 54.6 Å². The molecule has 12 nitrogen and oxygen atoms in total. The van der Waals surface area contributed by atoms with Crippen LogP contribution in [0.25, 0.3) is 0 Å². The zero-order chi connectivity index (χ0) is 32.9. The largest absolute Gasteiger partial charge is 0.487 e. The first-order valence-corrected chi connectivity index (χ1v) is 14.6. The van der Waals surface area contributed by atoms with Gasteiger partial charge in [-0.3, -0.25) is 15.5 Å². The third kappa shape index (κ3) is 10.4. The van der Waals surface area contributed by atoms with Gasteiger partial charge in [-0.1, -0.05) is 11.6 Å². The zero-order valence-corrected chi connectivity index (χ0v) is 26.2. The molecule has 13 heteroatoms. The molecule has 0 aliphatic heterocycles. The maximum absolute atomic E-state index is 13.4. The molecule has 0 aliphatic carbocycles. The number of nitrogens with one attached hydrogen (secondary N) is 4. The van der Waals surface area contributed by atoms with E-state index in [0.29, 0.717) is 44.6 Å². The minimum Gasteiger partial charge on any atom is -0.487 e. The number of rotatable bonds is 14. The Labute approximate surface area is 266 Å². The molecule has 5 N–H and O–H groups in total. The molecular weight excluding hydrogens is 604 g/mol. The Bertz CT molecular complexity index is 1510. The van der Waals surface area contributed by atoms with Gasteiger partial charge in [0.25, 0.3) is 5.91 Å². The van der Waals surface area contributed by atoms with Crippen LogP contribution in [-0.2, 0) is 27.4 Å². The monoisotopic (exact) mass is 640 g/mol. The molecule has 0 aromatic heterocycles. The van der Waals surface area contributed by atoms with Crippen LogP contribution in [0.3, 0.4) is 0 Å².